The van der Waals surface area contributed by atoms with Crippen molar-refractivity contribution in [2.75, 3.05) is 0 Å². The number of nitrogens with two attached hydrogens (primary N) is 1. The summed E-state index contributed by atoms with van der Waals surface area (Å²) in [7, 11) is 0. The van der Waals surface area contributed by atoms with E-state index in [0.29, 0.717) is 11.3 Å². The molecule has 1 aromatic heterocycles. The Morgan fingerprint density at radius 2 is 1.80 bits per heavy atom. The molecule has 2 N–H and O–H groups in total. The molecule has 154 valence electrons. The molecule has 0 spiro atoms. The highest BCUT2D eigenvalue weighted by atomic mass is 35.5. The van der Waals surface area contributed by atoms with E-state index in [-0.39, 0.29) is 34.0 Å². The van der Waals surface area contributed by atoms with Crippen LogP contribution >= 0.6 is 11.6 Å². The maximum Gasteiger partial charge on any atom is 0.258 e. The first-order valence-electron chi connectivity index (χ1n) is 8.82. The van der Waals surface area contributed by atoms with Gasteiger partial charge in [0, 0.05) is 23.6 Å². The summed E-state index contributed by atoms with van der Waals surface area (Å²) in [6.07, 6.45) is -0.933. The fourth-order valence-corrected chi connectivity index (χ4v) is 2.55. The maximum absolute atomic E-state index is 13.9. The molecule has 3 aromatic rings. The Balaban J connectivity index is 1.88. The van der Waals surface area contributed by atoms with E-state index in [1.165, 1.54) is 32.0 Å². The second-order valence-corrected chi connectivity index (χ2v) is 6.77. The minimum Gasteiger partial charge on any atom is -0.464 e. The van der Waals surface area contributed by atoms with Crippen molar-refractivity contribution in [2.45, 2.75) is 20.0 Å². The molecule has 1 heterocycles. The largest absolute Gasteiger partial charge is 0.464 e. The number of halogens is 2. The highest BCUT2D eigenvalue weighted by Crippen LogP contribution is 2.28. The number of hydrogen-bond donors (Lipinski definition) is 1. The van der Waals surface area contributed by atoms with Gasteiger partial charge in [-0.25, -0.2) is 9.37 Å². The second kappa shape index (κ2) is 8.87. The van der Waals surface area contributed by atoms with Crippen LogP contribution in [0.5, 0.6) is 17.4 Å². The number of carbonyl (C=O) groups excluding carboxylic acids is 2. The van der Waals surface area contributed by atoms with Crippen LogP contribution in [-0.2, 0) is 4.79 Å². The number of amides is 1. The topological polar surface area (TPSA) is 104 Å². The van der Waals surface area contributed by atoms with Crippen molar-refractivity contribution in [1.82, 2.24) is 9.97 Å². The molecule has 7 nitrogen and oxygen atoms in total. The van der Waals surface area contributed by atoms with Gasteiger partial charge in [0.15, 0.2) is 29.3 Å². The lowest BCUT2D eigenvalue weighted by Crippen LogP contribution is -2.31. The Hall–Kier alpha value is -3.52. The van der Waals surface area contributed by atoms with Crippen molar-refractivity contribution in [3.8, 4) is 28.8 Å². The molecule has 0 radical (unpaired) electrons. The van der Waals surface area contributed by atoms with Crippen LogP contribution in [0.25, 0.3) is 11.4 Å². The summed E-state index contributed by atoms with van der Waals surface area (Å²) in [6, 6.07) is 11.9. The first kappa shape index (κ1) is 21.2. The summed E-state index contributed by atoms with van der Waals surface area (Å²) < 4.78 is 24.8. The van der Waals surface area contributed by atoms with E-state index in [1.807, 2.05) is 0 Å². The van der Waals surface area contributed by atoms with Crippen molar-refractivity contribution < 1.29 is 23.5 Å². The van der Waals surface area contributed by atoms with Gasteiger partial charge in [-0.05, 0) is 49.4 Å². The van der Waals surface area contributed by atoms with E-state index < -0.39 is 17.8 Å². The Morgan fingerprint density at radius 1 is 1.10 bits per heavy atom. The van der Waals surface area contributed by atoms with Gasteiger partial charge in [0.25, 0.3) is 5.91 Å². The van der Waals surface area contributed by atoms with Gasteiger partial charge < -0.3 is 15.2 Å². The number of carbonyl (C=O) groups is 2. The lowest BCUT2D eigenvalue weighted by Gasteiger charge is -2.12. The molecule has 0 fully saturated rings. The van der Waals surface area contributed by atoms with Gasteiger partial charge in [-0.3, -0.25) is 9.59 Å². The van der Waals surface area contributed by atoms with Gasteiger partial charge in [-0.15, -0.1) is 0 Å². The van der Waals surface area contributed by atoms with Gasteiger partial charge in [0.1, 0.15) is 11.4 Å². The number of hydrogen-bond acceptors (Lipinski definition) is 6. The predicted molar refractivity (Wildman–Crippen MR) is 108 cm³/mol. The second-order valence-electron chi connectivity index (χ2n) is 6.33. The molecule has 0 aliphatic heterocycles. The summed E-state index contributed by atoms with van der Waals surface area (Å²) in [6.45, 7) is 2.82. The van der Waals surface area contributed by atoms with Gasteiger partial charge in [-0.2, -0.15) is 4.98 Å². The van der Waals surface area contributed by atoms with E-state index in [2.05, 4.69) is 9.97 Å². The molecule has 3 rings (SSSR count). The molecule has 0 aliphatic carbocycles. The van der Waals surface area contributed by atoms with Gasteiger partial charge >= 0.3 is 0 Å². The molecule has 0 saturated heterocycles. The van der Waals surface area contributed by atoms with Crippen LogP contribution in [0.4, 0.5) is 4.39 Å². The molecule has 0 unspecified atom stereocenters. The molecule has 1 amide bonds. The molecule has 0 saturated carbocycles. The van der Waals surface area contributed by atoms with Gasteiger partial charge in [-0.1, -0.05) is 11.6 Å². The molecule has 2 aromatic carbocycles. The number of ether oxygens (including phenoxy) is 2. The molecule has 30 heavy (non-hydrogen) atoms. The third-order valence-corrected chi connectivity index (χ3v) is 4.23. The van der Waals surface area contributed by atoms with Gasteiger partial charge in [0.2, 0.25) is 5.88 Å². The van der Waals surface area contributed by atoms with Crippen LogP contribution in [0.2, 0.25) is 5.02 Å². The van der Waals surface area contributed by atoms with Crippen molar-refractivity contribution in [2.24, 2.45) is 5.73 Å². The van der Waals surface area contributed by atoms with E-state index in [1.54, 1.807) is 24.3 Å². The SMILES string of the molecule is CC(=O)c1cc(O[C@@H](C)C(N)=O)nc(-c2ccc(Oc3ccc(Cl)cc3F)cc2)n1. The summed E-state index contributed by atoms with van der Waals surface area (Å²) in [4.78, 5) is 31.5. The minimum atomic E-state index is -0.933. The van der Waals surface area contributed by atoms with Crippen LogP contribution in [0.3, 0.4) is 0 Å². The zero-order valence-corrected chi connectivity index (χ0v) is 16.8. The molecule has 0 aliphatic rings. The zero-order valence-electron chi connectivity index (χ0n) is 16.1. The van der Waals surface area contributed by atoms with E-state index in [9.17, 15) is 14.0 Å². The van der Waals surface area contributed by atoms with Crippen molar-refractivity contribution in [1.29, 1.82) is 0 Å². The monoisotopic (exact) mass is 429 g/mol. The highest BCUT2D eigenvalue weighted by Gasteiger charge is 2.16. The summed E-state index contributed by atoms with van der Waals surface area (Å²) >= 11 is 5.74. The number of aromatic nitrogens is 2. The lowest BCUT2D eigenvalue weighted by atomic mass is 10.2. The first-order chi connectivity index (χ1) is 14.2. The standard InChI is InChI=1S/C21H17ClFN3O4/c1-11(27)17-10-19(29-12(2)20(24)28)26-21(25-17)13-3-6-15(7-4-13)30-18-8-5-14(22)9-16(18)23/h3-10,12H,1-2H3,(H2,24,28)/t12-/m0/s1. The number of rotatable bonds is 7. The summed E-state index contributed by atoms with van der Waals surface area (Å²) in [5.74, 6) is -0.906. The molecular formula is C21H17ClFN3O4. The average molecular weight is 430 g/mol. The van der Waals surface area contributed by atoms with Crippen LogP contribution < -0.4 is 15.2 Å². The summed E-state index contributed by atoms with van der Waals surface area (Å²) in [5, 5.41) is 0.265. The van der Waals surface area contributed by atoms with Crippen molar-refractivity contribution in [3.05, 3.63) is 65.1 Å². The van der Waals surface area contributed by atoms with Crippen LogP contribution in [0.15, 0.2) is 48.5 Å². The van der Waals surface area contributed by atoms with Crippen molar-refractivity contribution >= 4 is 23.3 Å². The van der Waals surface area contributed by atoms with Crippen molar-refractivity contribution in [3.63, 3.8) is 0 Å². The van der Waals surface area contributed by atoms with E-state index in [4.69, 9.17) is 26.8 Å². The average Bonchev–Trinajstić information content (AvgIpc) is 2.70. The number of ketones is 1. The first-order valence-corrected chi connectivity index (χ1v) is 9.20. The van der Waals surface area contributed by atoms with Crippen LogP contribution in [-0.4, -0.2) is 27.8 Å². The normalized spacial score (nSPS) is 11.6. The fraction of sp³-hybridized carbons (Fsp3) is 0.143. The maximum atomic E-state index is 13.9. The smallest absolute Gasteiger partial charge is 0.258 e. The third kappa shape index (κ3) is 5.09. The predicted octanol–water partition coefficient (Wildman–Crippen LogP) is 4.18. The highest BCUT2D eigenvalue weighted by molar-refractivity contribution is 6.30. The number of Topliss-reactive ketones (excluding diaryl/α,β-unsaturated/α-hetero) is 1. The molecule has 1 atom stereocenters. The number of nitrogens with zero attached hydrogens (tertiary/aromatic N) is 2. The minimum absolute atomic E-state index is 0.0260. The molecular weight excluding hydrogens is 413 g/mol. The Labute approximate surface area is 176 Å². The van der Waals surface area contributed by atoms with E-state index in [0.717, 1.165) is 6.07 Å². The number of benzene rings is 2. The molecule has 9 heteroatoms. The quantitative estimate of drug-likeness (QED) is 0.565. The molecule has 0 bridgehead atoms. The summed E-state index contributed by atoms with van der Waals surface area (Å²) in [5.41, 5.74) is 5.88. The Morgan fingerprint density at radius 3 is 2.40 bits per heavy atom. The fourth-order valence-electron chi connectivity index (χ4n) is 2.39. The third-order valence-electron chi connectivity index (χ3n) is 4.00. The van der Waals surface area contributed by atoms with Crippen LogP contribution in [0, 0.1) is 5.82 Å². The number of primary amides is 1. The van der Waals surface area contributed by atoms with Gasteiger partial charge in [0.05, 0.1) is 0 Å². The van der Waals surface area contributed by atoms with E-state index >= 15 is 0 Å². The Kier molecular flexibility index (Phi) is 6.27. The van der Waals surface area contributed by atoms with Crippen LogP contribution in [0.1, 0.15) is 24.3 Å². The lowest BCUT2D eigenvalue weighted by molar-refractivity contribution is -0.124. The zero-order chi connectivity index (χ0) is 21.8. The Bertz CT molecular complexity index is 1110.